The fourth-order valence-corrected chi connectivity index (χ4v) is 7.33. The zero-order valence-electron chi connectivity index (χ0n) is 17.1. The number of sulfone groups is 1. The third-order valence-electron chi connectivity index (χ3n) is 5.00. The molecule has 0 spiro atoms. The van der Waals surface area contributed by atoms with Crippen LogP contribution in [-0.2, 0) is 14.6 Å². The Morgan fingerprint density at radius 2 is 1.67 bits per heavy atom. The van der Waals surface area contributed by atoms with Crippen molar-refractivity contribution in [1.82, 2.24) is 0 Å². The van der Waals surface area contributed by atoms with Crippen molar-refractivity contribution >= 4 is 38.4 Å². The number of thioether (sulfide) groups is 1. The summed E-state index contributed by atoms with van der Waals surface area (Å²) in [6.45, 7) is 5.47. The number of ether oxygens (including phenoxy) is 1. The predicted molar refractivity (Wildman–Crippen MR) is 121 cm³/mol. The minimum absolute atomic E-state index is 0.0651. The molecule has 2 aliphatic rings. The first-order valence-electron chi connectivity index (χ1n) is 9.75. The van der Waals surface area contributed by atoms with Crippen molar-refractivity contribution in [3.05, 3.63) is 54.6 Å². The van der Waals surface area contributed by atoms with Gasteiger partial charge in [0, 0.05) is 16.4 Å². The van der Waals surface area contributed by atoms with Crippen LogP contribution in [0.2, 0.25) is 0 Å². The van der Waals surface area contributed by atoms with Crippen molar-refractivity contribution in [3.8, 4) is 11.5 Å². The van der Waals surface area contributed by atoms with E-state index in [0.29, 0.717) is 10.9 Å². The van der Waals surface area contributed by atoms with E-state index in [1.54, 1.807) is 0 Å². The summed E-state index contributed by atoms with van der Waals surface area (Å²) in [4.78, 5) is 18.8. The average Bonchev–Trinajstić information content (AvgIpc) is 3.13. The Balaban J connectivity index is 1.64. The van der Waals surface area contributed by atoms with Crippen molar-refractivity contribution in [3.63, 3.8) is 0 Å². The Hall–Kier alpha value is -2.32. The van der Waals surface area contributed by atoms with Crippen LogP contribution in [0.4, 0.5) is 5.69 Å². The predicted octanol–water partition coefficient (Wildman–Crippen LogP) is 4.13. The first-order valence-corrected chi connectivity index (χ1v) is 12.4. The Morgan fingerprint density at radius 1 is 1.03 bits per heavy atom. The zero-order chi connectivity index (χ0) is 21.5. The molecular formula is C22H24N2O4S2. The van der Waals surface area contributed by atoms with E-state index in [2.05, 4.69) is 4.99 Å². The summed E-state index contributed by atoms with van der Waals surface area (Å²) in [5.41, 5.74) is 0.198. The Morgan fingerprint density at radius 3 is 2.30 bits per heavy atom. The van der Waals surface area contributed by atoms with Crippen molar-refractivity contribution in [2.45, 2.75) is 32.1 Å². The monoisotopic (exact) mass is 444 g/mol. The highest BCUT2D eigenvalue weighted by atomic mass is 32.2. The highest BCUT2D eigenvalue weighted by molar-refractivity contribution is 8.16. The van der Waals surface area contributed by atoms with Crippen molar-refractivity contribution < 1.29 is 17.9 Å². The van der Waals surface area contributed by atoms with Crippen LogP contribution in [-0.4, -0.2) is 42.3 Å². The molecule has 158 valence electrons. The van der Waals surface area contributed by atoms with Crippen molar-refractivity contribution in [2.75, 3.05) is 16.4 Å². The molecule has 2 saturated heterocycles. The lowest BCUT2D eigenvalue weighted by Gasteiger charge is -2.25. The van der Waals surface area contributed by atoms with E-state index in [9.17, 15) is 13.2 Å². The fourth-order valence-electron chi connectivity index (χ4n) is 3.42. The summed E-state index contributed by atoms with van der Waals surface area (Å²) < 4.78 is 30.2. The molecule has 0 N–H and O–H groups in total. The third kappa shape index (κ3) is 4.39. The van der Waals surface area contributed by atoms with Crippen LogP contribution < -0.4 is 9.64 Å². The summed E-state index contributed by atoms with van der Waals surface area (Å²) >= 11 is 1.38. The van der Waals surface area contributed by atoms with Crippen LogP contribution >= 0.6 is 11.8 Å². The van der Waals surface area contributed by atoms with E-state index in [1.807, 2.05) is 80.3 Å². The molecule has 8 heteroatoms. The number of carbonyl (C=O) groups excluding carboxylic acids is 1. The molecule has 0 saturated carbocycles. The highest BCUT2D eigenvalue weighted by Gasteiger charge is 2.49. The van der Waals surface area contributed by atoms with Gasteiger partial charge in [-0.05, 0) is 36.4 Å². The largest absolute Gasteiger partial charge is 0.457 e. The number of benzene rings is 2. The van der Waals surface area contributed by atoms with Gasteiger partial charge in [-0.2, -0.15) is 4.99 Å². The quantitative estimate of drug-likeness (QED) is 0.709. The maximum Gasteiger partial charge on any atom is 0.253 e. The second-order valence-electron chi connectivity index (χ2n) is 8.53. The number of hydrogen-bond donors (Lipinski definition) is 0. The van der Waals surface area contributed by atoms with Gasteiger partial charge in [-0.3, -0.25) is 4.79 Å². The molecule has 1 amide bonds. The number of fused-ring (bicyclic) bond motifs is 1. The minimum atomic E-state index is -3.10. The minimum Gasteiger partial charge on any atom is -0.457 e. The normalized spacial score (nSPS) is 24.1. The molecular weight excluding hydrogens is 420 g/mol. The summed E-state index contributed by atoms with van der Waals surface area (Å²) in [6, 6.07) is 16.7. The number of amides is 1. The number of hydrogen-bond acceptors (Lipinski definition) is 5. The topological polar surface area (TPSA) is 76.0 Å². The lowest BCUT2D eigenvalue weighted by atomic mass is 9.96. The number of aliphatic imine (C=N–C) groups is 1. The second kappa shape index (κ2) is 7.74. The zero-order valence-corrected chi connectivity index (χ0v) is 18.7. The summed E-state index contributed by atoms with van der Waals surface area (Å²) in [5, 5.41) is 0.443. The molecule has 2 fully saturated rings. The van der Waals surface area contributed by atoms with E-state index < -0.39 is 15.3 Å². The molecule has 0 unspecified atom stereocenters. The van der Waals surface area contributed by atoms with Gasteiger partial charge in [0.15, 0.2) is 15.0 Å². The van der Waals surface area contributed by atoms with Crippen LogP contribution in [0.25, 0.3) is 0 Å². The molecule has 0 bridgehead atoms. The number of amidine groups is 1. The molecule has 0 aliphatic carbocycles. The van der Waals surface area contributed by atoms with E-state index >= 15 is 0 Å². The SMILES string of the molecule is CC(C)(C)C(=O)N=C1S[C@@H]2CS(=O)(=O)C[C@@H]2N1c1ccc(Oc2ccccc2)cc1. The molecule has 2 aromatic carbocycles. The maximum absolute atomic E-state index is 12.5. The first-order chi connectivity index (χ1) is 14.1. The summed E-state index contributed by atoms with van der Waals surface area (Å²) in [7, 11) is -3.10. The van der Waals surface area contributed by atoms with E-state index in [-0.39, 0.29) is 28.7 Å². The smallest absolute Gasteiger partial charge is 0.253 e. The van der Waals surface area contributed by atoms with Crippen molar-refractivity contribution in [2.24, 2.45) is 10.4 Å². The van der Waals surface area contributed by atoms with Crippen LogP contribution in [0.1, 0.15) is 20.8 Å². The van der Waals surface area contributed by atoms with E-state index in [4.69, 9.17) is 4.74 Å². The molecule has 2 heterocycles. The van der Waals surface area contributed by atoms with Crippen LogP contribution in [0, 0.1) is 5.41 Å². The number of rotatable bonds is 3. The molecule has 2 aromatic rings. The highest BCUT2D eigenvalue weighted by Crippen LogP contribution is 2.41. The van der Waals surface area contributed by atoms with Gasteiger partial charge >= 0.3 is 0 Å². The molecule has 30 heavy (non-hydrogen) atoms. The number of anilines is 1. The van der Waals surface area contributed by atoms with Gasteiger partial charge in [0.05, 0.1) is 17.5 Å². The van der Waals surface area contributed by atoms with Gasteiger partial charge in [-0.25, -0.2) is 8.42 Å². The molecule has 6 nitrogen and oxygen atoms in total. The lowest BCUT2D eigenvalue weighted by molar-refractivity contribution is -0.124. The van der Waals surface area contributed by atoms with Crippen molar-refractivity contribution in [1.29, 1.82) is 0 Å². The Labute approximate surface area is 181 Å². The van der Waals surface area contributed by atoms with Gasteiger partial charge in [0.25, 0.3) is 5.91 Å². The standard InChI is InChI=1S/C22H24N2O4S2/c1-22(2,3)20(25)23-21-24(18-13-30(26,27)14-19(18)29-21)15-9-11-17(12-10-15)28-16-7-5-4-6-8-16/h4-12,18-19H,13-14H2,1-3H3/t18-,19+/m0/s1. The third-order valence-corrected chi connectivity index (χ3v) is 8.21. The average molecular weight is 445 g/mol. The van der Waals surface area contributed by atoms with Gasteiger partial charge in [-0.1, -0.05) is 50.7 Å². The van der Waals surface area contributed by atoms with Gasteiger partial charge in [-0.15, -0.1) is 0 Å². The van der Waals surface area contributed by atoms with E-state index in [1.165, 1.54) is 11.8 Å². The van der Waals surface area contributed by atoms with Crippen LogP contribution in [0.5, 0.6) is 11.5 Å². The van der Waals surface area contributed by atoms with E-state index in [0.717, 1.165) is 11.4 Å². The number of para-hydroxylation sites is 1. The lowest BCUT2D eigenvalue weighted by Crippen LogP contribution is -2.38. The number of carbonyl (C=O) groups is 1. The van der Waals surface area contributed by atoms with Gasteiger partial charge in [0.2, 0.25) is 0 Å². The van der Waals surface area contributed by atoms with Crippen LogP contribution in [0.15, 0.2) is 59.6 Å². The number of nitrogens with zero attached hydrogens (tertiary/aromatic N) is 2. The Bertz CT molecular complexity index is 1070. The first kappa shape index (κ1) is 20.9. The fraction of sp³-hybridized carbons (Fsp3) is 0.364. The summed E-state index contributed by atoms with van der Waals surface area (Å²) in [5.74, 6) is 1.37. The Kier molecular flexibility index (Phi) is 5.40. The second-order valence-corrected chi connectivity index (χ2v) is 11.9. The molecule has 4 rings (SSSR count). The maximum atomic E-state index is 12.5. The molecule has 0 aromatic heterocycles. The molecule has 0 radical (unpaired) electrons. The van der Waals surface area contributed by atoms with Crippen LogP contribution in [0.3, 0.4) is 0 Å². The van der Waals surface area contributed by atoms with Gasteiger partial charge < -0.3 is 9.64 Å². The van der Waals surface area contributed by atoms with Gasteiger partial charge in [0.1, 0.15) is 11.5 Å². The molecule has 2 atom stereocenters. The molecule has 2 aliphatic heterocycles. The summed E-state index contributed by atoms with van der Waals surface area (Å²) in [6.07, 6.45) is 0.